The van der Waals surface area contributed by atoms with Crippen molar-refractivity contribution in [3.8, 4) is 22.6 Å². The lowest BCUT2D eigenvalue weighted by Gasteiger charge is -2.29. The zero-order valence-electron chi connectivity index (χ0n) is 14.5. The Kier molecular flexibility index (Phi) is 3.50. The van der Waals surface area contributed by atoms with Crippen molar-refractivity contribution in [2.45, 2.75) is 25.4 Å². The van der Waals surface area contributed by atoms with Crippen LogP contribution in [0.3, 0.4) is 0 Å². The van der Waals surface area contributed by atoms with Gasteiger partial charge in [0.25, 0.3) is 0 Å². The van der Waals surface area contributed by atoms with Gasteiger partial charge in [0.15, 0.2) is 0 Å². The first-order valence-corrected chi connectivity index (χ1v) is 8.84. The number of hydrogen-bond donors (Lipinski definition) is 0. The van der Waals surface area contributed by atoms with Gasteiger partial charge in [-0.3, -0.25) is 9.69 Å². The van der Waals surface area contributed by atoms with Crippen LogP contribution >= 0.6 is 0 Å². The highest BCUT2D eigenvalue weighted by atomic mass is 16.5. The van der Waals surface area contributed by atoms with E-state index in [0.29, 0.717) is 35.1 Å². The predicted octanol–water partition coefficient (Wildman–Crippen LogP) is 3.78. The molecule has 0 saturated heterocycles. The second-order valence-corrected chi connectivity index (χ2v) is 6.85. The number of para-hydroxylation sites is 1. The Bertz CT molecular complexity index is 1050. The third kappa shape index (κ3) is 2.39. The SMILES string of the molecule is COc1ccccc1-c1coc2c3c(ccc2c1=O)OCN(C1CC1)C3. The molecule has 1 saturated carbocycles. The Hall–Kier alpha value is -2.79. The molecule has 2 aromatic carbocycles. The van der Waals surface area contributed by atoms with Crippen LogP contribution in [0, 0.1) is 0 Å². The number of fused-ring (bicyclic) bond motifs is 3. The van der Waals surface area contributed by atoms with Crippen molar-refractivity contribution in [2.75, 3.05) is 13.8 Å². The molecular formula is C21H19NO4. The molecule has 0 radical (unpaired) electrons. The van der Waals surface area contributed by atoms with E-state index in [-0.39, 0.29) is 5.43 Å². The van der Waals surface area contributed by atoms with Gasteiger partial charge in [0.2, 0.25) is 5.43 Å². The zero-order valence-corrected chi connectivity index (χ0v) is 14.5. The lowest BCUT2D eigenvalue weighted by atomic mass is 10.0. The highest BCUT2D eigenvalue weighted by Crippen LogP contribution is 2.37. The fraction of sp³-hybridized carbons (Fsp3) is 0.286. The van der Waals surface area contributed by atoms with Gasteiger partial charge in [-0.2, -0.15) is 0 Å². The average Bonchev–Trinajstić information content (AvgIpc) is 3.53. The molecule has 0 bridgehead atoms. The summed E-state index contributed by atoms with van der Waals surface area (Å²) in [5.41, 5.74) is 2.77. The van der Waals surface area contributed by atoms with Gasteiger partial charge in [0.1, 0.15) is 30.1 Å². The average molecular weight is 349 g/mol. The number of hydrogen-bond acceptors (Lipinski definition) is 5. The van der Waals surface area contributed by atoms with Crippen molar-refractivity contribution in [1.82, 2.24) is 4.90 Å². The summed E-state index contributed by atoms with van der Waals surface area (Å²) < 4.78 is 17.2. The maximum Gasteiger partial charge on any atom is 0.200 e. The summed E-state index contributed by atoms with van der Waals surface area (Å²) in [7, 11) is 1.60. The molecule has 0 unspecified atom stereocenters. The van der Waals surface area contributed by atoms with E-state index in [1.54, 1.807) is 19.4 Å². The molecule has 1 aromatic heterocycles. The molecule has 5 nitrogen and oxygen atoms in total. The molecule has 2 heterocycles. The number of methoxy groups -OCH3 is 1. The van der Waals surface area contributed by atoms with Crippen molar-refractivity contribution in [2.24, 2.45) is 0 Å². The molecule has 0 atom stereocenters. The summed E-state index contributed by atoms with van der Waals surface area (Å²) in [6.45, 7) is 1.36. The van der Waals surface area contributed by atoms with E-state index in [0.717, 1.165) is 23.4 Å². The molecule has 0 amide bonds. The van der Waals surface area contributed by atoms with Gasteiger partial charge in [-0.15, -0.1) is 0 Å². The Morgan fingerprint density at radius 1 is 1.12 bits per heavy atom. The van der Waals surface area contributed by atoms with Crippen molar-refractivity contribution in [3.05, 3.63) is 58.4 Å². The van der Waals surface area contributed by atoms with E-state index in [9.17, 15) is 4.79 Å². The fourth-order valence-corrected chi connectivity index (χ4v) is 3.65. The zero-order chi connectivity index (χ0) is 17.7. The van der Waals surface area contributed by atoms with Crippen LogP contribution in [0.1, 0.15) is 18.4 Å². The highest BCUT2D eigenvalue weighted by molar-refractivity contribution is 5.86. The summed E-state index contributed by atoms with van der Waals surface area (Å²) in [6.07, 6.45) is 3.97. The minimum absolute atomic E-state index is 0.0536. The second-order valence-electron chi connectivity index (χ2n) is 6.85. The molecular weight excluding hydrogens is 330 g/mol. The minimum Gasteiger partial charge on any atom is -0.496 e. The van der Waals surface area contributed by atoms with Crippen LogP contribution in [0.5, 0.6) is 11.5 Å². The van der Waals surface area contributed by atoms with Gasteiger partial charge in [-0.1, -0.05) is 18.2 Å². The maximum atomic E-state index is 13.1. The first-order valence-electron chi connectivity index (χ1n) is 8.84. The maximum absolute atomic E-state index is 13.1. The number of rotatable bonds is 3. The minimum atomic E-state index is -0.0536. The van der Waals surface area contributed by atoms with E-state index >= 15 is 0 Å². The van der Waals surface area contributed by atoms with Gasteiger partial charge in [-0.25, -0.2) is 0 Å². The molecule has 1 fully saturated rings. The standard InChI is InChI=1S/C21H19NO4/c1-24-18-5-3-2-4-14(18)17-11-25-21-15(20(17)23)8-9-19-16(21)10-22(12-26-19)13-6-7-13/h2-5,8-9,11,13H,6-7,10,12H2,1H3. The van der Waals surface area contributed by atoms with E-state index in [2.05, 4.69) is 4.90 Å². The highest BCUT2D eigenvalue weighted by Gasteiger charge is 2.33. The van der Waals surface area contributed by atoms with Gasteiger partial charge in [0, 0.05) is 18.2 Å². The lowest BCUT2D eigenvalue weighted by molar-refractivity contribution is 0.0885. The Balaban J connectivity index is 1.67. The van der Waals surface area contributed by atoms with E-state index in [1.165, 1.54) is 12.8 Å². The quantitative estimate of drug-likeness (QED) is 0.720. The molecule has 5 rings (SSSR count). The van der Waals surface area contributed by atoms with E-state index < -0.39 is 0 Å². The Morgan fingerprint density at radius 2 is 1.96 bits per heavy atom. The Labute approximate surface area is 150 Å². The molecule has 0 N–H and O–H groups in total. The number of nitrogens with zero attached hydrogens (tertiary/aromatic N) is 1. The van der Waals surface area contributed by atoms with E-state index in [1.807, 2.05) is 30.3 Å². The normalized spacial score (nSPS) is 17.0. The predicted molar refractivity (Wildman–Crippen MR) is 98.5 cm³/mol. The Morgan fingerprint density at radius 3 is 2.77 bits per heavy atom. The second kappa shape index (κ2) is 5.88. The molecule has 1 aliphatic carbocycles. The van der Waals surface area contributed by atoms with Gasteiger partial charge in [0.05, 0.1) is 23.6 Å². The number of ether oxygens (including phenoxy) is 2. The van der Waals surface area contributed by atoms with Gasteiger partial charge >= 0.3 is 0 Å². The number of benzene rings is 2. The van der Waals surface area contributed by atoms with Crippen LogP contribution in [-0.4, -0.2) is 24.8 Å². The summed E-state index contributed by atoms with van der Waals surface area (Å²) >= 11 is 0. The van der Waals surface area contributed by atoms with Crippen molar-refractivity contribution < 1.29 is 13.9 Å². The third-order valence-corrected chi connectivity index (χ3v) is 5.21. The summed E-state index contributed by atoms with van der Waals surface area (Å²) in [4.78, 5) is 15.4. The van der Waals surface area contributed by atoms with Crippen molar-refractivity contribution in [3.63, 3.8) is 0 Å². The smallest absolute Gasteiger partial charge is 0.200 e. The molecule has 132 valence electrons. The largest absolute Gasteiger partial charge is 0.496 e. The topological polar surface area (TPSA) is 51.9 Å². The van der Waals surface area contributed by atoms with E-state index in [4.69, 9.17) is 13.9 Å². The van der Waals surface area contributed by atoms with Crippen molar-refractivity contribution in [1.29, 1.82) is 0 Å². The van der Waals surface area contributed by atoms with Gasteiger partial charge < -0.3 is 13.9 Å². The summed E-state index contributed by atoms with van der Waals surface area (Å²) in [5, 5.41) is 0.577. The first-order chi connectivity index (χ1) is 12.8. The van der Waals surface area contributed by atoms with Gasteiger partial charge in [-0.05, 0) is 31.0 Å². The molecule has 5 heteroatoms. The van der Waals surface area contributed by atoms with Crippen LogP contribution in [0.25, 0.3) is 22.1 Å². The molecule has 2 aliphatic rings. The van der Waals surface area contributed by atoms with Crippen LogP contribution in [-0.2, 0) is 6.54 Å². The van der Waals surface area contributed by atoms with Crippen molar-refractivity contribution >= 4 is 11.0 Å². The van der Waals surface area contributed by atoms with Crippen LogP contribution in [0.4, 0.5) is 0 Å². The molecule has 26 heavy (non-hydrogen) atoms. The first kappa shape index (κ1) is 15.5. The van der Waals surface area contributed by atoms with Crippen LogP contribution in [0.2, 0.25) is 0 Å². The molecule has 1 aliphatic heterocycles. The molecule has 0 spiro atoms. The third-order valence-electron chi connectivity index (χ3n) is 5.21. The van der Waals surface area contributed by atoms with Crippen LogP contribution in [0.15, 0.2) is 51.9 Å². The fourth-order valence-electron chi connectivity index (χ4n) is 3.65. The monoisotopic (exact) mass is 349 g/mol. The van der Waals surface area contributed by atoms with Crippen LogP contribution < -0.4 is 14.9 Å². The summed E-state index contributed by atoms with van der Waals surface area (Å²) in [6, 6.07) is 11.7. The lowest BCUT2D eigenvalue weighted by Crippen LogP contribution is -2.33. The molecule has 3 aromatic rings. The summed E-state index contributed by atoms with van der Waals surface area (Å²) in [5.74, 6) is 1.46.